The summed E-state index contributed by atoms with van der Waals surface area (Å²) in [5.41, 5.74) is 0.657. The molecule has 0 heterocycles. The van der Waals surface area contributed by atoms with Crippen molar-refractivity contribution in [3.8, 4) is 0 Å². The van der Waals surface area contributed by atoms with Crippen LogP contribution in [-0.4, -0.2) is 28.2 Å². The van der Waals surface area contributed by atoms with Crippen molar-refractivity contribution in [2.45, 2.75) is 32.0 Å². The first-order valence-corrected chi connectivity index (χ1v) is 3.77. The Morgan fingerprint density at radius 2 is 2.09 bits per heavy atom. The van der Waals surface area contributed by atoms with Crippen LogP contribution in [0.5, 0.6) is 0 Å². The molecule has 0 aromatic heterocycles. The van der Waals surface area contributed by atoms with Crippen LogP contribution < -0.4 is 0 Å². The van der Waals surface area contributed by atoms with Gasteiger partial charge in [-0.05, 0) is 18.1 Å². The summed E-state index contributed by atoms with van der Waals surface area (Å²) in [5.74, 6) is -0.374. The van der Waals surface area contributed by atoms with Gasteiger partial charge in [0, 0.05) is 0 Å². The molecule has 2 N–H and O–H groups in total. The zero-order chi connectivity index (χ0) is 8.43. The number of aliphatic hydroxyl groups excluding tert-OH is 2. The fraction of sp³-hybridized carbons (Fsp3) is 0.625. The van der Waals surface area contributed by atoms with Crippen LogP contribution in [0.15, 0.2) is 11.6 Å². The lowest BCUT2D eigenvalue weighted by atomic mass is 10.1. The predicted molar refractivity (Wildman–Crippen MR) is 40.0 cm³/mol. The van der Waals surface area contributed by atoms with Gasteiger partial charge in [0.1, 0.15) is 12.2 Å². The van der Waals surface area contributed by atoms with Crippen molar-refractivity contribution in [3.05, 3.63) is 11.6 Å². The topological polar surface area (TPSA) is 57.5 Å². The number of aliphatic hydroxyl groups is 2. The smallest absolute Gasteiger partial charge is 0.187 e. The molecule has 0 aliphatic heterocycles. The van der Waals surface area contributed by atoms with Gasteiger partial charge in [-0.15, -0.1) is 0 Å². The second-order valence-corrected chi connectivity index (χ2v) is 2.76. The zero-order valence-electron chi connectivity index (χ0n) is 6.45. The van der Waals surface area contributed by atoms with Gasteiger partial charge >= 0.3 is 0 Å². The molecule has 0 fully saturated rings. The molecule has 1 aliphatic carbocycles. The zero-order valence-corrected chi connectivity index (χ0v) is 6.45. The van der Waals surface area contributed by atoms with Crippen molar-refractivity contribution in [2.24, 2.45) is 0 Å². The van der Waals surface area contributed by atoms with E-state index in [0.717, 1.165) is 6.42 Å². The molecule has 0 saturated heterocycles. The van der Waals surface area contributed by atoms with Crippen molar-refractivity contribution in [3.63, 3.8) is 0 Å². The highest BCUT2D eigenvalue weighted by atomic mass is 16.3. The van der Waals surface area contributed by atoms with E-state index in [1.807, 2.05) is 6.92 Å². The first-order chi connectivity index (χ1) is 5.16. The van der Waals surface area contributed by atoms with Crippen LogP contribution in [0.2, 0.25) is 0 Å². The Hall–Kier alpha value is -0.670. The molecule has 0 amide bonds. The summed E-state index contributed by atoms with van der Waals surface area (Å²) in [4.78, 5) is 10.8. The second-order valence-electron chi connectivity index (χ2n) is 2.76. The van der Waals surface area contributed by atoms with E-state index in [1.54, 1.807) is 0 Å². The Bertz CT molecular complexity index is 196. The average Bonchev–Trinajstić information content (AvgIpc) is 2.19. The van der Waals surface area contributed by atoms with Gasteiger partial charge in [-0.2, -0.15) is 0 Å². The highest BCUT2D eigenvalue weighted by Crippen LogP contribution is 2.20. The Balaban J connectivity index is 2.67. The number of ketones is 1. The molecule has 0 saturated carbocycles. The van der Waals surface area contributed by atoms with Crippen molar-refractivity contribution in [2.75, 3.05) is 0 Å². The van der Waals surface area contributed by atoms with Crippen LogP contribution in [0.1, 0.15) is 19.8 Å². The molecule has 0 aromatic rings. The lowest BCUT2D eigenvalue weighted by Crippen LogP contribution is -2.27. The van der Waals surface area contributed by atoms with Gasteiger partial charge in [0.05, 0.1) is 0 Å². The van der Waals surface area contributed by atoms with Crippen LogP contribution in [0, 0.1) is 0 Å². The lowest BCUT2D eigenvalue weighted by Gasteiger charge is -2.09. The van der Waals surface area contributed by atoms with Gasteiger partial charge in [-0.3, -0.25) is 4.79 Å². The van der Waals surface area contributed by atoms with Crippen LogP contribution in [0.4, 0.5) is 0 Å². The van der Waals surface area contributed by atoms with Gasteiger partial charge < -0.3 is 10.2 Å². The summed E-state index contributed by atoms with van der Waals surface area (Å²) < 4.78 is 0. The van der Waals surface area contributed by atoms with Crippen LogP contribution >= 0.6 is 0 Å². The summed E-state index contributed by atoms with van der Waals surface area (Å²) in [6.45, 7) is 1.96. The van der Waals surface area contributed by atoms with Crippen molar-refractivity contribution < 1.29 is 15.0 Å². The van der Waals surface area contributed by atoms with E-state index in [9.17, 15) is 9.90 Å². The normalized spacial score (nSPS) is 30.8. The van der Waals surface area contributed by atoms with Crippen molar-refractivity contribution in [1.82, 2.24) is 0 Å². The van der Waals surface area contributed by atoms with E-state index in [0.29, 0.717) is 12.0 Å². The first kappa shape index (κ1) is 8.43. The highest BCUT2D eigenvalue weighted by molar-refractivity contribution is 5.97. The SMILES string of the molecule is CCCC1=CC(=O)C(O)C1O. The molecule has 3 heteroatoms. The maximum atomic E-state index is 10.8. The summed E-state index contributed by atoms with van der Waals surface area (Å²) in [5, 5.41) is 18.2. The quantitative estimate of drug-likeness (QED) is 0.592. The molecule has 2 atom stereocenters. The van der Waals surface area contributed by atoms with E-state index in [4.69, 9.17) is 5.11 Å². The lowest BCUT2D eigenvalue weighted by molar-refractivity contribution is -0.124. The third-order valence-corrected chi connectivity index (χ3v) is 1.84. The number of hydrogen-bond acceptors (Lipinski definition) is 3. The molecule has 0 aromatic carbocycles. The van der Waals surface area contributed by atoms with E-state index >= 15 is 0 Å². The van der Waals surface area contributed by atoms with Gasteiger partial charge in [0.2, 0.25) is 0 Å². The Morgan fingerprint density at radius 3 is 2.45 bits per heavy atom. The summed E-state index contributed by atoms with van der Waals surface area (Å²) in [6.07, 6.45) is 0.741. The van der Waals surface area contributed by atoms with E-state index in [1.165, 1.54) is 6.08 Å². The molecule has 62 valence electrons. The maximum absolute atomic E-state index is 10.8. The predicted octanol–water partition coefficient (Wildman–Crippen LogP) is 0.0174. The monoisotopic (exact) mass is 156 g/mol. The minimum absolute atomic E-state index is 0.374. The van der Waals surface area contributed by atoms with E-state index < -0.39 is 12.2 Å². The molecule has 1 rings (SSSR count). The van der Waals surface area contributed by atoms with E-state index in [2.05, 4.69) is 0 Å². The third kappa shape index (κ3) is 1.49. The number of rotatable bonds is 2. The molecular formula is C8H12O3. The molecule has 11 heavy (non-hydrogen) atoms. The van der Waals surface area contributed by atoms with Gasteiger partial charge in [-0.1, -0.05) is 13.3 Å². The summed E-state index contributed by atoms with van der Waals surface area (Å²) in [7, 11) is 0. The van der Waals surface area contributed by atoms with Gasteiger partial charge in [0.25, 0.3) is 0 Å². The minimum Gasteiger partial charge on any atom is -0.386 e. The Morgan fingerprint density at radius 1 is 1.45 bits per heavy atom. The fourth-order valence-electron chi connectivity index (χ4n) is 1.22. The summed E-state index contributed by atoms with van der Waals surface area (Å²) >= 11 is 0. The number of carbonyl (C=O) groups is 1. The first-order valence-electron chi connectivity index (χ1n) is 3.77. The number of carbonyl (C=O) groups excluding carboxylic acids is 1. The largest absolute Gasteiger partial charge is 0.386 e. The molecule has 0 spiro atoms. The van der Waals surface area contributed by atoms with Crippen LogP contribution in [0.25, 0.3) is 0 Å². The fourth-order valence-corrected chi connectivity index (χ4v) is 1.22. The maximum Gasteiger partial charge on any atom is 0.187 e. The molecule has 0 bridgehead atoms. The number of hydrogen-bond donors (Lipinski definition) is 2. The van der Waals surface area contributed by atoms with Crippen molar-refractivity contribution in [1.29, 1.82) is 0 Å². The minimum atomic E-state index is -1.21. The molecule has 2 unspecified atom stereocenters. The van der Waals surface area contributed by atoms with E-state index in [-0.39, 0.29) is 5.78 Å². The molecule has 1 aliphatic rings. The average molecular weight is 156 g/mol. The summed E-state index contributed by atoms with van der Waals surface area (Å²) in [6, 6.07) is 0. The van der Waals surface area contributed by atoms with Crippen molar-refractivity contribution >= 4 is 5.78 Å². The molecule has 3 nitrogen and oxygen atoms in total. The second kappa shape index (κ2) is 3.15. The van der Waals surface area contributed by atoms with Gasteiger partial charge in [-0.25, -0.2) is 0 Å². The Labute approximate surface area is 65.3 Å². The standard InChI is InChI=1S/C8H12O3/c1-2-3-5-4-6(9)8(11)7(5)10/h4,7-8,10-11H,2-3H2,1H3. The molecule has 0 radical (unpaired) electrons. The highest BCUT2D eigenvalue weighted by Gasteiger charge is 2.31. The Kier molecular flexibility index (Phi) is 2.42. The van der Waals surface area contributed by atoms with Gasteiger partial charge in [0.15, 0.2) is 5.78 Å². The molecular weight excluding hydrogens is 144 g/mol. The van der Waals surface area contributed by atoms with Crippen LogP contribution in [0.3, 0.4) is 0 Å². The third-order valence-electron chi connectivity index (χ3n) is 1.84. The van der Waals surface area contributed by atoms with Crippen LogP contribution in [-0.2, 0) is 4.79 Å².